The van der Waals surface area contributed by atoms with Crippen LogP contribution in [0.15, 0.2) is 48.5 Å². The predicted molar refractivity (Wildman–Crippen MR) is 94.9 cm³/mol. The first-order chi connectivity index (χ1) is 10.3. The van der Waals surface area contributed by atoms with E-state index in [-0.39, 0.29) is 5.41 Å². The maximum atomic E-state index is 2.78. The fraction of sp³-hybridized carbons (Fsp3) is 0.300. The van der Waals surface area contributed by atoms with E-state index in [2.05, 4.69) is 63.8 Å². The molecule has 4 rings (SSSR count). The number of rotatable bonds is 1. The van der Waals surface area contributed by atoms with E-state index in [4.69, 9.17) is 0 Å². The van der Waals surface area contributed by atoms with Gasteiger partial charge in [-0.3, -0.25) is 0 Å². The molecule has 1 unspecified atom stereocenters. The molecule has 21 heavy (non-hydrogen) atoms. The molecule has 2 aliphatic rings. The van der Waals surface area contributed by atoms with Gasteiger partial charge >= 0.3 is 0 Å². The molecule has 2 aliphatic carbocycles. The van der Waals surface area contributed by atoms with Gasteiger partial charge in [-0.1, -0.05) is 67.8 Å². The van der Waals surface area contributed by atoms with Gasteiger partial charge in [-0.2, -0.15) is 0 Å². The lowest BCUT2D eigenvalue weighted by Gasteiger charge is -2.38. The van der Waals surface area contributed by atoms with Crippen molar-refractivity contribution in [2.75, 3.05) is 0 Å². The monoisotopic (exact) mass is 292 g/mol. The summed E-state index contributed by atoms with van der Waals surface area (Å²) in [5.74, 6) is 0. The summed E-state index contributed by atoms with van der Waals surface area (Å²) in [6.45, 7) is 0. The van der Waals surface area contributed by atoms with E-state index >= 15 is 0 Å². The number of benzene rings is 2. The van der Waals surface area contributed by atoms with Crippen molar-refractivity contribution >= 4 is 26.2 Å². The van der Waals surface area contributed by atoms with Crippen LogP contribution in [-0.2, 0) is 5.41 Å². The van der Waals surface area contributed by atoms with E-state index in [0.29, 0.717) is 0 Å². The summed E-state index contributed by atoms with van der Waals surface area (Å²) < 4.78 is 0. The summed E-state index contributed by atoms with van der Waals surface area (Å²) in [6, 6.07) is 18.0. The van der Waals surface area contributed by atoms with Gasteiger partial charge in [0.25, 0.3) is 0 Å². The van der Waals surface area contributed by atoms with Crippen LogP contribution in [0, 0.1) is 0 Å². The summed E-state index contributed by atoms with van der Waals surface area (Å²) in [6.07, 6.45) is 9.15. The largest absolute Gasteiger partial charge is 0.106 e. The quantitative estimate of drug-likeness (QED) is 0.653. The van der Waals surface area contributed by atoms with E-state index in [9.17, 15) is 0 Å². The van der Waals surface area contributed by atoms with E-state index in [1.54, 1.807) is 11.1 Å². The second kappa shape index (κ2) is 5.11. The molecule has 2 aromatic carbocycles. The maximum Gasteiger partial charge on any atom is 0.0215 e. The number of hydrogen-bond donors (Lipinski definition) is 0. The molecule has 1 saturated carbocycles. The molecule has 0 N–H and O–H groups in total. The third-order valence-electron chi connectivity index (χ3n) is 5.22. The Morgan fingerprint density at radius 3 is 2.29 bits per heavy atom. The highest BCUT2D eigenvalue weighted by Crippen LogP contribution is 2.54. The number of allylic oxidation sites excluding steroid dienone is 1. The standard InChI is InChI=1S/C20H21P/c21-17-10-8-15(9-11-17)19-14-16-6-2-3-7-18(16)20(19)12-4-1-5-13-20/h2-3,6-11,14H,1,4-5,12-13,21H2. The summed E-state index contributed by atoms with van der Waals surface area (Å²) in [7, 11) is 2.78. The smallest absolute Gasteiger partial charge is 0.0215 e. The Bertz CT molecular complexity index is 688. The molecule has 106 valence electrons. The van der Waals surface area contributed by atoms with Crippen LogP contribution < -0.4 is 5.30 Å². The van der Waals surface area contributed by atoms with Crippen LogP contribution >= 0.6 is 9.24 Å². The van der Waals surface area contributed by atoms with Crippen molar-refractivity contribution in [1.82, 2.24) is 0 Å². The van der Waals surface area contributed by atoms with Crippen LogP contribution in [0.1, 0.15) is 48.8 Å². The normalized spacial score (nSPS) is 19.4. The lowest BCUT2D eigenvalue weighted by atomic mass is 9.66. The van der Waals surface area contributed by atoms with Gasteiger partial charge in [0.15, 0.2) is 0 Å². The Morgan fingerprint density at radius 1 is 0.810 bits per heavy atom. The van der Waals surface area contributed by atoms with Crippen LogP contribution in [0.5, 0.6) is 0 Å². The lowest BCUT2D eigenvalue weighted by molar-refractivity contribution is 0.372. The molecule has 1 atom stereocenters. The molecule has 0 nitrogen and oxygen atoms in total. The minimum absolute atomic E-state index is 0.275. The molecule has 2 aromatic rings. The molecule has 0 bridgehead atoms. The Hall–Kier alpha value is -1.39. The Balaban J connectivity index is 1.87. The van der Waals surface area contributed by atoms with E-state index in [1.165, 1.54) is 48.5 Å². The molecule has 0 aliphatic heterocycles. The second-order valence-electron chi connectivity index (χ2n) is 6.41. The summed E-state index contributed by atoms with van der Waals surface area (Å²) in [5, 5.41) is 1.26. The first-order valence-electron chi connectivity index (χ1n) is 7.97. The van der Waals surface area contributed by atoms with E-state index in [1.807, 2.05) is 0 Å². The third kappa shape index (κ3) is 2.09. The van der Waals surface area contributed by atoms with Gasteiger partial charge in [0, 0.05) is 5.41 Å². The first-order valence-corrected chi connectivity index (χ1v) is 8.55. The topological polar surface area (TPSA) is 0 Å². The van der Waals surface area contributed by atoms with Crippen LogP contribution in [0.2, 0.25) is 0 Å². The fourth-order valence-corrected chi connectivity index (χ4v) is 4.41. The summed E-state index contributed by atoms with van der Waals surface area (Å²) in [4.78, 5) is 0. The molecule has 0 radical (unpaired) electrons. The Kier molecular flexibility index (Phi) is 3.23. The van der Waals surface area contributed by atoms with Crippen LogP contribution in [-0.4, -0.2) is 0 Å². The van der Waals surface area contributed by atoms with Crippen molar-refractivity contribution in [2.24, 2.45) is 0 Å². The zero-order valence-corrected chi connectivity index (χ0v) is 13.5. The van der Waals surface area contributed by atoms with Crippen molar-refractivity contribution in [3.63, 3.8) is 0 Å². The zero-order chi connectivity index (χ0) is 14.3. The maximum absolute atomic E-state index is 2.78. The van der Waals surface area contributed by atoms with Gasteiger partial charge in [0.2, 0.25) is 0 Å². The van der Waals surface area contributed by atoms with Crippen LogP contribution in [0.4, 0.5) is 0 Å². The van der Waals surface area contributed by atoms with Gasteiger partial charge in [-0.25, -0.2) is 0 Å². The van der Waals surface area contributed by atoms with Crippen molar-refractivity contribution in [1.29, 1.82) is 0 Å². The molecule has 0 aromatic heterocycles. The molecule has 1 spiro atoms. The Labute approximate surface area is 129 Å². The van der Waals surface area contributed by atoms with E-state index in [0.717, 1.165) is 0 Å². The third-order valence-corrected chi connectivity index (χ3v) is 5.61. The highest BCUT2D eigenvalue weighted by molar-refractivity contribution is 7.27. The van der Waals surface area contributed by atoms with Gasteiger partial charge in [-0.15, -0.1) is 9.24 Å². The molecular formula is C20H21P. The fourth-order valence-electron chi connectivity index (χ4n) is 4.21. The highest BCUT2D eigenvalue weighted by atomic mass is 31.0. The molecule has 1 fully saturated rings. The molecule has 0 heterocycles. The number of fused-ring (bicyclic) bond motifs is 2. The van der Waals surface area contributed by atoms with Gasteiger partial charge in [0.05, 0.1) is 0 Å². The second-order valence-corrected chi connectivity index (χ2v) is 7.08. The predicted octanol–water partition coefficient (Wildman–Crippen LogP) is 4.94. The summed E-state index contributed by atoms with van der Waals surface area (Å²) >= 11 is 0. The Morgan fingerprint density at radius 2 is 1.52 bits per heavy atom. The minimum Gasteiger partial charge on any atom is -0.106 e. The average Bonchev–Trinajstić information content (AvgIpc) is 2.84. The van der Waals surface area contributed by atoms with Crippen molar-refractivity contribution in [3.05, 3.63) is 65.2 Å². The van der Waals surface area contributed by atoms with Crippen LogP contribution in [0.3, 0.4) is 0 Å². The summed E-state index contributed by atoms with van der Waals surface area (Å²) in [5.41, 5.74) is 6.23. The van der Waals surface area contributed by atoms with Crippen molar-refractivity contribution in [3.8, 4) is 0 Å². The number of hydrogen-bond acceptors (Lipinski definition) is 0. The molecule has 0 saturated heterocycles. The molecular weight excluding hydrogens is 271 g/mol. The van der Waals surface area contributed by atoms with Crippen LogP contribution in [0.25, 0.3) is 11.6 Å². The van der Waals surface area contributed by atoms with Gasteiger partial charge in [-0.05, 0) is 46.5 Å². The van der Waals surface area contributed by atoms with Crippen molar-refractivity contribution in [2.45, 2.75) is 37.5 Å². The SMILES string of the molecule is Pc1ccc(C2=Cc3ccccc3C23CCCCC3)cc1. The minimum atomic E-state index is 0.275. The van der Waals surface area contributed by atoms with Gasteiger partial charge < -0.3 is 0 Å². The zero-order valence-electron chi connectivity index (χ0n) is 12.3. The molecule has 1 heteroatoms. The van der Waals surface area contributed by atoms with E-state index < -0.39 is 0 Å². The van der Waals surface area contributed by atoms with Gasteiger partial charge in [0.1, 0.15) is 0 Å². The lowest BCUT2D eigenvalue weighted by Crippen LogP contribution is -2.28. The average molecular weight is 292 g/mol. The first kappa shape index (κ1) is 13.3. The van der Waals surface area contributed by atoms with Crippen molar-refractivity contribution < 1.29 is 0 Å². The highest BCUT2D eigenvalue weighted by Gasteiger charge is 2.42. The molecule has 0 amide bonds.